The lowest BCUT2D eigenvalue weighted by molar-refractivity contribution is -0.130. The van der Waals surface area contributed by atoms with Gasteiger partial charge >= 0.3 is 5.69 Å². The van der Waals surface area contributed by atoms with E-state index in [9.17, 15) is 9.59 Å². The molecule has 35 heavy (non-hydrogen) atoms. The van der Waals surface area contributed by atoms with Gasteiger partial charge in [0.05, 0.1) is 28.9 Å². The fraction of sp³-hybridized carbons (Fsp3) is 0.269. The Labute approximate surface area is 201 Å². The molecule has 0 radical (unpaired) electrons. The number of carbonyl (C=O) groups is 1. The van der Waals surface area contributed by atoms with Crippen molar-refractivity contribution in [3.8, 4) is 16.9 Å². The van der Waals surface area contributed by atoms with Crippen molar-refractivity contribution < 1.29 is 4.79 Å². The van der Waals surface area contributed by atoms with Crippen molar-refractivity contribution in [1.82, 2.24) is 33.8 Å². The Morgan fingerprint density at radius 2 is 1.83 bits per heavy atom. The summed E-state index contributed by atoms with van der Waals surface area (Å²) in [4.78, 5) is 37.3. The number of aromatic nitrogens is 6. The third-order valence-corrected chi connectivity index (χ3v) is 6.87. The van der Waals surface area contributed by atoms with Crippen LogP contribution < -0.4 is 5.69 Å². The van der Waals surface area contributed by atoms with Crippen molar-refractivity contribution >= 4 is 27.8 Å². The summed E-state index contributed by atoms with van der Waals surface area (Å²) in [7, 11) is 1.88. The van der Waals surface area contributed by atoms with E-state index in [1.165, 1.54) is 0 Å². The summed E-state index contributed by atoms with van der Waals surface area (Å²) >= 11 is 0. The highest BCUT2D eigenvalue weighted by Crippen LogP contribution is 2.28. The Hall–Kier alpha value is -4.27. The van der Waals surface area contributed by atoms with Gasteiger partial charge in [0.25, 0.3) is 0 Å². The van der Waals surface area contributed by atoms with Crippen LogP contribution in [-0.4, -0.2) is 52.8 Å². The van der Waals surface area contributed by atoms with E-state index in [0.29, 0.717) is 5.82 Å². The second-order valence-electron chi connectivity index (χ2n) is 9.03. The number of nitrogens with zero attached hydrogens (tertiary/aromatic N) is 7. The van der Waals surface area contributed by atoms with Crippen LogP contribution in [0.3, 0.4) is 0 Å². The van der Waals surface area contributed by atoms with E-state index in [2.05, 4.69) is 15.1 Å². The lowest BCUT2D eigenvalue weighted by Crippen LogP contribution is -2.35. The van der Waals surface area contributed by atoms with Crippen molar-refractivity contribution in [1.29, 1.82) is 0 Å². The van der Waals surface area contributed by atoms with Gasteiger partial charge in [-0.25, -0.2) is 14.3 Å². The molecule has 9 nitrogen and oxygen atoms in total. The first-order valence-corrected chi connectivity index (χ1v) is 11.7. The number of benzene rings is 1. The zero-order valence-electron chi connectivity index (χ0n) is 19.7. The van der Waals surface area contributed by atoms with E-state index < -0.39 is 0 Å². The van der Waals surface area contributed by atoms with Crippen molar-refractivity contribution in [2.24, 2.45) is 7.05 Å². The minimum absolute atomic E-state index is 0.0227. The molecule has 1 saturated heterocycles. The van der Waals surface area contributed by atoms with Gasteiger partial charge in [0.15, 0.2) is 0 Å². The Balaban J connectivity index is 1.44. The SMILES string of the molecule is Cc1cccc2c1n(-c1ccc(-c3cncc4c3cnn4C)cn1)c(=O)n2CC(=O)N1CCCC1. The third-order valence-electron chi connectivity index (χ3n) is 6.87. The van der Waals surface area contributed by atoms with Crippen LogP contribution in [0.5, 0.6) is 0 Å². The average Bonchev–Trinajstić information content (AvgIpc) is 3.60. The molecule has 0 aliphatic carbocycles. The highest BCUT2D eigenvalue weighted by atomic mass is 16.2. The van der Waals surface area contributed by atoms with Crippen LogP contribution in [0.25, 0.3) is 38.9 Å². The maximum absolute atomic E-state index is 13.6. The molecule has 0 atom stereocenters. The summed E-state index contributed by atoms with van der Waals surface area (Å²) in [5, 5.41) is 5.32. The molecule has 1 amide bonds. The number of fused-ring (bicyclic) bond motifs is 2. The van der Waals surface area contributed by atoms with Gasteiger partial charge in [0.1, 0.15) is 12.4 Å². The maximum Gasteiger partial charge on any atom is 0.335 e. The van der Waals surface area contributed by atoms with Gasteiger partial charge in [-0.05, 0) is 43.5 Å². The van der Waals surface area contributed by atoms with Crippen molar-refractivity contribution in [2.45, 2.75) is 26.3 Å². The Morgan fingerprint density at radius 3 is 2.60 bits per heavy atom. The molecule has 6 rings (SSSR count). The van der Waals surface area contributed by atoms with Gasteiger partial charge in [-0.2, -0.15) is 5.10 Å². The Morgan fingerprint density at radius 1 is 1.00 bits per heavy atom. The zero-order chi connectivity index (χ0) is 24.1. The van der Waals surface area contributed by atoms with Crippen molar-refractivity contribution in [2.75, 3.05) is 13.1 Å². The molecule has 0 N–H and O–H groups in total. The summed E-state index contributed by atoms with van der Waals surface area (Å²) in [5.41, 5.74) is 4.93. The molecule has 9 heteroatoms. The van der Waals surface area contributed by atoms with Gasteiger partial charge in [-0.1, -0.05) is 12.1 Å². The average molecular weight is 468 g/mol. The molecule has 0 spiro atoms. The number of imidazole rings is 1. The molecular formula is C26H25N7O2. The fourth-order valence-corrected chi connectivity index (χ4v) is 5.01. The number of hydrogen-bond acceptors (Lipinski definition) is 5. The van der Waals surface area contributed by atoms with Crippen LogP contribution in [0.15, 0.2) is 59.9 Å². The van der Waals surface area contributed by atoms with Gasteiger partial charge in [-0.3, -0.25) is 19.0 Å². The topological polar surface area (TPSA) is 90.8 Å². The summed E-state index contributed by atoms with van der Waals surface area (Å²) < 4.78 is 4.96. The normalized spacial score (nSPS) is 13.8. The number of hydrogen-bond donors (Lipinski definition) is 0. The minimum Gasteiger partial charge on any atom is -0.341 e. The first-order chi connectivity index (χ1) is 17.0. The monoisotopic (exact) mass is 467 g/mol. The van der Waals surface area contributed by atoms with E-state index in [0.717, 1.165) is 64.6 Å². The number of carbonyl (C=O) groups excluding carboxylic acids is 1. The molecule has 1 aliphatic heterocycles. The summed E-state index contributed by atoms with van der Waals surface area (Å²) in [6.45, 7) is 3.51. The smallest absolute Gasteiger partial charge is 0.335 e. The molecule has 1 aliphatic rings. The van der Waals surface area contributed by atoms with E-state index in [1.54, 1.807) is 32.4 Å². The van der Waals surface area contributed by atoms with Crippen molar-refractivity contribution in [3.63, 3.8) is 0 Å². The predicted molar refractivity (Wildman–Crippen MR) is 133 cm³/mol. The predicted octanol–water partition coefficient (Wildman–Crippen LogP) is 3.07. The van der Waals surface area contributed by atoms with Gasteiger partial charge < -0.3 is 4.90 Å². The maximum atomic E-state index is 13.6. The lowest BCUT2D eigenvalue weighted by Gasteiger charge is -2.15. The quantitative estimate of drug-likeness (QED) is 0.405. The van der Waals surface area contributed by atoms with E-state index in [4.69, 9.17) is 0 Å². The van der Waals surface area contributed by atoms with Gasteiger partial charge in [0.2, 0.25) is 5.91 Å². The molecule has 176 valence electrons. The largest absolute Gasteiger partial charge is 0.341 e. The van der Waals surface area contributed by atoms with E-state index >= 15 is 0 Å². The summed E-state index contributed by atoms with van der Waals surface area (Å²) in [6.07, 6.45) is 9.18. The van der Waals surface area contributed by atoms with Crippen LogP contribution in [0.4, 0.5) is 0 Å². The first kappa shape index (κ1) is 21.3. The molecule has 1 aromatic carbocycles. The van der Waals surface area contributed by atoms with Crippen LogP contribution in [0, 0.1) is 6.92 Å². The van der Waals surface area contributed by atoms with Crippen LogP contribution in [0.1, 0.15) is 18.4 Å². The molecule has 5 aromatic rings. The second kappa shape index (κ2) is 8.19. The highest BCUT2D eigenvalue weighted by molar-refractivity contribution is 5.93. The molecule has 1 fully saturated rings. The third kappa shape index (κ3) is 3.42. The summed E-state index contributed by atoms with van der Waals surface area (Å²) in [6, 6.07) is 9.55. The standard InChI is InChI=1S/C26H25N7O2/c1-17-6-5-7-21-25(17)33(26(35)32(21)16-24(34)31-10-3-4-11-31)23-9-8-18(12-28-23)19-13-27-15-22-20(19)14-29-30(22)2/h5-9,12-15H,3-4,10-11,16H2,1-2H3. The molecule has 0 bridgehead atoms. The van der Waals surface area contributed by atoms with Crippen LogP contribution in [-0.2, 0) is 18.4 Å². The van der Waals surface area contributed by atoms with E-state index in [-0.39, 0.29) is 18.1 Å². The number of para-hydroxylation sites is 1. The highest BCUT2D eigenvalue weighted by Gasteiger charge is 2.23. The van der Waals surface area contributed by atoms with Gasteiger partial charge in [0, 0.05) is 49.0 Å². The lowest BCUT2D eigenvalue weighted by atomic mass is 10.1. The number of rotatable bonds is 4. The van der Waals surface area contributed by atoms with Crippen molar-refractivity contribution in [3.05, 3.63) is 71.2 Å². The zero-order valence-corrected chi connectivity index (χ0v) is 19.7. The first-order valence-electron chi connectivity index (χ1n) is 11.7. The Kier molecular flexibility index (Phi) is 4.98. The van der Waals surface area contributed by atoms with E-state index in [1.807, 2.05) is 55.4 Å². The summed E-state index contributed by atoms with van der Waals surface area (Å²) in [5.74, 6) is 0.488. The molecule has 4 aromatic heterocycles. The minimum atomic E-state index is -0.266. The Bertz CT molecular complexity index is 1640. The molecule has 0 saturated carbocycles. The number of amides is 1. The van der Waals surface area contributed by atoms with Crippen LogP contribution in [0.2, 0.25) is 0 Å². The van der Waals surface area contributed by atoms with Gasteiger partial charge in [-0.15, -0.1) is 0 Å². The van der Waals surface area contributed by atoms with Crippen LogP contribution >= 0.6 is 0 Å². The molecule has 5 heterocycles. The number of aryl methyl sites for hydroxylation is 2. The number of pyridine rings is 2. The fourth-order valence-electron chi connectivity index (χ4n) is 5.01. The molecule has 0 unspecified atom stereocenters. The second-order valence-corrected chi connectivity index (χ2v) is 9.03. The molecular weight excluding hydrogens is 442 g/mol. The number of likely N-dealkylation sites (tertiary alicyclic amines) is 1.